The highest BCUT2D eigenvalue weighted by atomic mass is 32.2. The number of ether oxygens (including phenoxy) is 3. The monoisotopic (exact) mass is 399 g/mol. The van der Waals surface area contributed by atoms with Crippen LogP contribution in [-0.4, -0.2) is 51.9 Å². The lowest BCUT2D eigenvalue weighted by Gasteiger charge is -2.18. The second-order valence-corrected chi connectivity index (χ2v) is 8.74. The lowest BCUT2D eigenvalue weighted by Crippen LogP contribution is -2.38. The molecule has 0 aromatic heterocycles. The summed E-state index contributed by atoms with van der Waals surface area (Å²) in [5, 5.41) is 2.70. The first kappa shape index (κ1) is 21.0. The van der Waals surface area contributed by atoms with Gasteiger partial charge in [0.2, 0.25) is 0 Å². The zero-order valence-corrected chi connectivity index (χ0v) is 16.5. The fourth-order valence-electron chi connectivity index (χ4n) is 2.23. The lowest BCUT2D eigenvalue weighted by molar-refractivity contribution is -0.148. The van der Waals surface area contributed by atoms with Crippen LogP contribution in [0.4, 0.5) is 0 Å². The van der Waals surface area contributed by atoms with E-state index in [1.165, 1.54) is 18.2 Å². The van der Waals surface area contributed by atoms with Crippen molar-refractivity contribution >= 4 is 21.7 Å². The maximum Gasteiger partial charge on any atom is 0.307 e. The van der Waals surface area contributed by atoms with Crippen LogP contribution < -0.4 is 14.8 Å². The molecule has 0 radical (unpaired) electrons. The number of rotatable bonds is 8. The molecule has 0 bridgehead atoms. The van der Waals surface area contributed by atoms with E-state index in [-0.39, 0.29) is 23.3 Å². The number of benzene rings is 1. The SMILES string of the molecule is CC(C)C(C)NC(=O)COC(=O)CCS(=O)(=O)c1ccc2c(c1)OCCO2. The standard InChI is InChI=1S/C18H25NO7S/c1-12(2)13(3)19-17(20)11-26-18(21)6-9-27(22,23)14-4-5-15-16(10-14)25-8-7-24-15/h4-5,10,12-13H,6-9,11H2,1-3H3,(H,19,20). The summed E-state index contributed by atoms with van der Waals surface area (Å²) in [5.74, 6) is -0.485. The van der Waals surface area contributed by atoms with E-state index in [1.54, 1.807) is 0 Å². The molecule has 1 aromatic rings. The molecule has 0 spiro atoms. The van der Waals surface area contributed by atoms with Crippen molar-refractivity contribution in [1.82, 2.24) is 5.32 Å². The highest BCUT2D eigenvalue weighted by Gasteiger charge is 2.21. The highest BCUT2D eigenvalue weighted by Crippen LogP contribution is 2.32. The first-order chi connectivity index (χ1) is 12.7. The Kier molecular flexibility index (Phi) is 7.06. The van der Waals surface area contributed by atoms with Crippen LogP contribution in [0, 0.1) is 5.92 Å². The van der Waals surface area contributed by atoms with Crippen LogP contribution in [0.25, 0.3) is 0 Å². The summed E-state index contributed by atoms with van der Waals surface area (Å²) in [6, 6.07) is 4.27. The van der Waals surface area contributed by atoms with Crippen LogP contribution in [-0.2, 0) is 24.2 Å². The molecule has 1 unspecified atom stereocenters. The molecule has 1 aliphatic rings. The van der Waals surface area contributed by atoms with Gasteiger partial charge in [-0.3, -0.25) is 9.59 Å². The molecule has 1 aliphatic heterocycles. The van der Waals surface area contributed by atoms with E-state index in [9.17, 15) is 18.0 Å². The summed E-state index contributed by atoms with van der Waals surface area (Å²) in [5.41, 5.74) is 0. The number of hydrogen-bond acceptors (Lipinski definition) is 7. The molecule has 0 saturated heterocycles. The first-order valence-electron chi connectivity index (χ1n) is 8.76. The van der Waals surface area contributed by atoms with E-state index in [0.717, 1.165) is 0 Å². The van der Waals surface area contributed by atoms with Crippen molar-refractivity contribution in [3.8, 4) is 11.5 Å². The molecule has 8 nitrogen and oxygen atoms in total. The average molecular weight is 399 g/mol. The third kappa shape index (κ3) is 6.13. The average Bonchev–Trinajstić information content (AvgIpc) is 2.64. The summed E-state index contributed by atoms with van der Waals surface area (Å²) in [6.45, 7) is 6.10. The molecule has 9 heteroatoms. The number of nitrogens with one attached hydrogen (secondary N) is 1. The minimum atomic E-state index is -3.69. The number of hydrogen-bond donors (Lipinski definition) is 1. The van der Waals surface area contributed by atoms with Gasteiger partial charge in [-0.1, -0.05) is 13.8 Å². The van der Waals surface area contributed by atoms with E-state index in [4.69, 9.17) is 14.2 Å². The molecular formula is C18H25NO7S. The van der Waals surface area contributed by atoms with Crippen LogP contribution in [0.2, 0.25) is 0 Å². The van der Waals surface area contributed by atoms with Gasteiger partial charge >= 0.3 is 5.97 Å². The predicted octanol–water partition coefficient (Wildman–Crippen LogP) is 1.33. The Morgan fingerprint density at radius 3 is 2.48 bits per heavy atom. The maximum absolute atomic E-state index is 12.4. The van der Waals surface area contributed by atoms with Gasteiger partial charge in [-0.15, -0.1) is 0 Å². The van der Waals surface area contributed by atoms with Gasteiger partial charge < -0.3 is 19.5 Å². The van der Waals surface area contributed by atoms with E-state index >= 15 is 0 Å². The summed E-state index contributed by atoms with van der Waals surface area (Å²) in [4.78, 5) is 23.5. The Labute approximate surface area is 159 Å². The van der Waals surface area contributed by atoms with Gasteiger partial charge in [-0.2, -0.15) is 0 Å². The van der Waals surface area contributed by atoms with E-state index < -0.39 is 34.1 Å². The topological polar surface area (TPSA) is 108 Å². The Morgan fingerprint density at radius 1 is 1.15 bits per heavy atom. The van der Waals surface area contributed by atoms with Gasteiger partial charge in [0, 0.05) is 12.1 Å². The van der Waals surface area contributed by atoms with Crippen molar-refractivity contribution in [2.24, 2.45) is 5.92 Å². The Balaban J connectivity index is 1.84. The zero-order chi connectivity index (χ0) is 20.0. The van der Waals surface area contributed by atoms with Crippen LogP contribution in [0.15, 0.2) is 23.1 Å². The smallest absolute Gasteiger partial charge is 0.307 e. The first-order valence-corrected chi connectivity index (χ1v) is 10.4. The van der Waals surface area contributed by atoms with Crippen LogP contribution in [0.1, 0.15) is 27.2 Å². The molecular weight excluding hydrogens is 374 g/mol. The largest absolute Gasteiger partial charge is 0.486 e. The molecule has 1 aromatic carbocycles. The van der Waals surface area contributed by atoms with Crippen molar-refractivity contribution in [1.29, 1.82) is 0 Å². The minimum absolute atomic E-state index is 0.0445. The molecule has 27 heavy (non-hydrogen) atoms. The molecule has 0 aliphatic carbocycles. The van der Waals surface area contributed by atoms with Crippen molar-refractivity contribution in [2.45, 2.75) is 38.1 Å². The molecule has 150 valence electrons. The molecule has 2 rings (SSSR count). The zero-order valence-electron chi connectivity index (χ0n) is 15.7. The van der Waals surface area contributed by atoms with Crippen molar-refractivity contribution < 1.29 is 32.2 Å². The fourth-order valence-corrected chi connectivity index (χ4v) is 3.47. The molecule has 1 atom stereocenters. The van der Waals surface area contributed by atoms with E-state index in [2.05, 4.69) is 5.32 Å². The van der Waals surface area contributed by atoms with Gasteiger partial charge in [-0.25, -0.2) is 8.42 Å². The number of carbonyl (C=O) groups is 2. The van der Waals surface area contributed by atoms with Gasteiger partial charge in [0.05, 0.1) is 17.1 Å². The van der Waals surface area contributed by atoms with Gasteiger partial charge in [0.25, 0.3) is 5.91 Å². The summed E-state index contributed by atoms with van der Waals surface area (Å²) in [7, 11) is -3.69. The molecule has 0 saturated carbocycles. The second kappa shape index (κ2) is 9.07. The van der Waals surface area contributed by atoms with Crippen LogP contribution >= 0.6 is 0 Å². The second-order valence-electron chi connectivity index (χ2n) is 6.64. The molecule has 1 amide bonds. The summed E-state index contributed by atoms with van der Waals surface area (Å²) < 4.78 is 40.4. The number of carbonyl (C=O) groups excluding carboxylic acids is 2. The third-order valence-corrected chi connectivity index (χ3v) is 5.91. The molecule has 1 heterocycles. The Hall–Kier alpha value is -2.29. The predicted molar refractivity (Wildman–Crippen MR) is 97.5 cm³/mol. The van der Waals surface area contributed by atoms with Crippen LogP contribution in [0.3, 0.4) is 0 Å². The van der Waals surface area contributed by atoms with Crippen molar-refractivity contribution in [3.63, 3.8) is 0 Å². The summed E-state index contributed by atoms with van der Waals surface area (Å²) in [6.07, 6.45) is -0.343. The van der Waals surface area contributed by atoms with Crippen molar-refractivity contribution in [2.75, 3.05) is 25.6 Å². The normalized spacial score (nSPS) is 14.5. The van der Waals surface area contributed by atoms with E-state index in [1.807, 2.05) is 20.8 Å². The van der Waals surface area contributed by atoms with Crippen LogP contribution in [0.5, 0.6) is 11.5 Å². The maximum atomic E-state index is 12.4. The van der Waals surface area contributed by atoms with Crippen molar-refractivity contribution in [3.05, 3.63) is 18.2 Å². The number of esters is 1. The lowest BCUT2D eigenvalue weighted by atomic mass is 10.1. The fraction of sp³-hybridized carbons (Fsp3) is 0.556. The van der Waals surface area contributed by atoms with Gasteiger partial charge in [-0.05, 0) is 25.0 Å². The third-order valence-electron chi connectivity index (χ3n) is 4.20. The quantitative estimate of drug-likeness (QED) is 0.657. The Bertz CT molecular complexity index is 789. The Morgan fingerprint density at radius 2 is 1.81 bits per heavy atom. The van der Waals surface area contributed by atoms with Gasteiger partial charge in [0.1, 0.15) is 13.2 Å². The van der Waals surface area contributed by atoms with E-state index in [0.29, 0.717) is 24.7 Å². The summed E-state index contributed by atoms with van der Waals surface area (Å²) >= 11 is 0. The molecule has 1 N–H and O–H groups in total. The van der Waals surface area contributed by atoms with Gasteiger partial charge in [0.15, 0.2) is 27.9 Å². The highest BCUT2D eigenvalue weighted by molar-refractivity contribution is 7.91. The number of sulfone groups is 1. The molecule has 0 fully saturated rings. The number of amides is 1. The minimum Gasteiger partial charge on any atom is -0.486 e. The number of fused-ring (bicyclic) bond motifs is 1.